The van der Waals surface area contributed by atoms with Gasteiger partial charge in [0, 0.05) is 81.6 Å². The fourth-order valence-corrected chi connectivity index (χ4v) is 31.5. The van der Waals surface area contributed by atoms with Gasteiger partial charge in [-0.15, -0.1) is 5.92 Å². The predicted molar refractivity (Wildman–Crippen MR) is 379 cm³/mol. The monoisotopic (exact) mass is 1330 g/mol. The summed E-state index contributed by atoms with van der Waals surface area (Å²) in [5, 5.41) is 98.1. The van der Waals surface area contributed by atoms with Gasteiger partial charge in [-0.3, -0.25) is 4.79 Å². The van der Waals surface area contributed by atoms with E-state index in [2.05, 4.69) is 90.5 Å². The van der Waals surface area contributed by atoms with E-state index in [0.29, 0.717) is 55.6 Å². The van der Waals surface area contributed by atoms with Crippen molar-refractivity contribution >= 4 is 11.4 Å². The molecule has 7 saturated carbocycles. The number of methoxy groups -OCH3 is 1. The van der Waals surface area contributed by atoms with Crippen LogP contribution in [0.1, 0.15) is 221 Å². The molecule has 8 N–H and O–H groups in total. The van der Waals surface area contributed by atoms with Gasteiger partial charge >= 0.3 is 0 Å². The molecule has 0 aromatic heterocycles. The summed E-state index contributed by atoms with van der Waals surface area (Å²) in [6, 6.07) is 20.0. The maximum absolute atomic E-state index is 18.5. The number of nitrogens with one attached hydrogen (secondary N) is 1. The summed E-state index contributed by atoms with van der Waals surface area (Å²) >= 11 is 0. The first-order chi connectivity index (χ1) is 48.5. The number of ether oxygens (including phenoxy) is 1. The molecular formula is C90H93NO9. The average molecular weight is 1330 g/mol. The van der Waals surface area contributed by atoms with Crippen molar-refractivity contribution in [1.29, 1.82) is 0 Å². The molecule has 10 heteroatoms. The molecule has 21 aliphatic rings. The highest BCUT2D eigenvalue weighted by atomic mass is 16.5. The molecule has 24 atom stereocenters. The molecule has 0 unspecified atom stereocenters. The molecule has 0 radical (unpaired) electrons. The Bertz CT molecular complexity index is 4730. The van der Waals surface area contributed by atoms with Crippen molar-refractivity contribution < 1.29 is 45.3 Å². The van der Waals surface area contributed by atoms with E-state index in [0.717, 1.165) is 137 Å². The highest BCUT2D eigenvalue weighted by Crippen LogP contribution is 2.87. The van der Waals surface area contributed by atoms with Crippen LogP contribution in [0.3, 0.4) is 0 Å². The van der Waals surface area contributed by atoms with Gasteiger partial charge in [-0.05, 0) is 252 Å². The Morgan fingerprint density at radius 3 is 2.45 bits per heavy atom. The lowest BCUT2D eigenvalue weighted by molar-refractivity contribution is -0.262. The second-order valence-corrected chi connectivity index (χ2v) is 36.7. The lowest BCUT2D eigenvalue weighted by atomic mass is 9.23. The number of piperidine rings is 1. The van der Waals surface area contributed by atoms with Crippen LogP contribution >= 0.6 is 0 Å². The van der Waals surface area contributed by atoms with E-state index in [1.165, 1.54) is 39.0 Å². The number of carbonyl (C=O) groups is 1. The molecule has 100 heavy (non-hydrogen) atoms. The first kappa shape index (κ1) is 59.9. The number of phenolic OH excluding ortho intramolecular Hbond substituents is 3. The zero-order chi connectivity index (χ0) is 66.9. The van der Waals surface area contributed by atoms with Crippen molar-refractivity contribution in [3.63, 3.8) is 0 Å². The summed E-state index contributed by atoms with van der Waals surface area (Å²) in [4.78, 5) is 18.5. The number of hydrogen-bond donors (Lipinski definition) is 8. The van der Waals surface area contributed by atoms with Crippen LogP contribution in [0.15, 0.2) is 114 Å². The first-order valence-corrected chi connectivity index (χ1v) is 39.3. The van der Waals surface area contributed by atoms with Gasteiger partial charge in [-0.2, -0.15) is 0 Å². The number of carbonyl (C=O) groups excluding carboxylic acids is 1. The van der Waals surface area contributed by atoms with Crippen LogP contribution in [0.5, 0.6) is 23.0 Å². The number of rotatable bonds is 5. The van der Waals surface area contributed by atoms with E-state index in [9.17, 15) is 30.6 Å². The van der Waals surface area contributed by atoms with Crippen molar-refractivity contribution in [2.45, 2.75) is 230 Å². The molecule has 1 aliphatic heterocycles. The molecule has 1 heterocycles. The fraction of sp³-hybridized carbons (Fsp3) is 0.567. The number of Topliss-reactive ketones (excluding diaryl/α,β-unsaturated/α-hetero) is 1. The van der Waals surface area contributed by atoms with Crippen molar-refractivity contribution in [2.75, 3.05) is 7.11 Å². The van der Waals surface area contributed by atoms with Crippen LogP contribution in [0.4, 0.5) is 0 Å². The van der Waals surface area contributed by atoms with Crippen molar-refractivity contribution in [2.24, 2.45) is 75.4 Å². The van der Waals surface area contributed by atoms with Crippen LogP contribution in [-0.2, 0) is 39.5 Å². The number of hydrogen-bond acceptors (Lipinski definition) is 10. The Morgan fingerprint density at radius 2 is 1.60 bits per heavy atom. The zero-order valence-electron chi connectivity index (χ0n) is 57.6. The number of ketones is 1. The van der Waals surface area contributed by atoms with Gasteiger partial charge in [-0.1, -0.05) is 128 Å². The lowest BCUT2D eigenvalue weighted by Gasteiger charge is -2.82. The Kier molecular flexibility index (Phi) is 11.6. The molecule has 4 aromatic carbocycles. The summed E-state index contributed by atoms with van der Waals surface area (Å²) in [6.07, 6.45) is 34.4. The number of fused-ring (bicyclic) bond motifs is 5. The second kappa shape index (κ2) is 19.4. The summed E-state index contributed by atoms with van der Waals surface area (Å²) in [7, 11) is 1.54. The highest BCUT2D eigenvalue weighted by Gasteiger charge is 2.85. The molecule has 20 aliphatic carbocycles. The normalized spacial score (nSPS) is 46.3. The van der Waals surface area contributed by atoms with Gasteiger partial charge in [0.15, 0.2) is 23.0 Å². The highest BCUT2D eigenvalue weighted by molar-refractivity contribution is 5.89. The lowest BCUT2D eigenvalue weighted by Crippen LogP contribution is -2.87. The second-order valence-electron chi connectivity index (χ2n) is 36.7. The minimum absolute atomic E-state index is 0.0157. The molecule has 19 bridgehead atoms. The van der Waals surface area contributed by atoms with E-state index in [1.807, 2.05) is 24.3 Å². The Labute approximate surface area is 587 Å². The Balaban J connectivity index is 0.911. The summed E-state index contributed by atoms with van der Waals surface area (Å²) in [5.74, 6) is 12.8. The first-order valence-electron chi connectivity index (χ1n) is 39.3. The third-order valence-corrected chi connectivity index (χ3v) is 34.3. The summed E-state index contributed by atoms with van der Waals surface area (Å²) in [6.45, 7) is -0.398. The summed E-state index contributed by atoms with van der Waals surface area (Å²) in [5.41, 5.74) is 9.87. The SMILES string of the molecule is COc1cc([C@H]2CC(=O)[C@H]3[C@@H]4C=C[C@@]56C#CC[C@@H]7N[C@@]89CC[C@@]3(O)[C@@H]([C@H]7C#C[C@H]2Cc2ccccc2)[C@]82c3cc(O)c(O)cc3[C@H]3C[C@@H]2[C@@]27C[C@@]38CCC[C@@H]8C=C2[C@H]2C[C@H](O)C(=CC2=C[C@H]7C9)[C@@]23CCCC[C@@H]2CC2=C[C@H]7CCC8(CCCC8)[C@@]7(C[C@@H]5O)c5c2c3cc4c56)c(CO)cc1O. The van der Waals surface area contributed by atoms with Crippen molar-refractivity contribution in [3.05, 3.63) is 169 Å². The molecule has 10 nitrogen and oxygen atoms in total. The van der Waals surface area contributed by atoms with E-state index >= 15 is 9.90 Å². The molecule has 512 valence electrons. The van der Waals surface area contributed by atoms with Crippen LogP contribution in [-0.4, -0.2) is 78.0 Å². The smallest absolute Gasteiger partial charge is 0.160 e. The minimum Gasteiger partial charge on any atom is -0.504 e. The third kappa shape index (κ3) is 6.56. The summed E-state index contributed by atoms with van der Waals surface area (Å²) < 4.78 is 5.98. The van der Waals surface area contributed by atoms with Gasteiger partial charge < -0.3 is 45.8 Å². The van der Waals surface area contributed by atoms with Crippen molar-refractivity contribution in [1.82, 2.24) is 5.32 Å². The number of aliphatic hydroxyl groups is 4. The number of benzene rings is 4. The molecule has 1 saturated heterocycles. The van der Waals surface area contributed by atoms with E-state index in [-0.39, 0.29) is 81.5 Å². The van der Waals surface area contributed by atoms with Gasteiger partial charge in [0.2, 0.25) is 0 Å². The molecule has 8 fully saturated rings. The van der Waals surface area contributed by atoms with Gasteiger partial charge in [0.1, 0.15) is 11.2 Å². The van der Waals surface area contributed by atoms with Crippen LogP contribution < -0.4 is 10.1 Å². The van der Waals surface area contributed by atoms with Crippen molar-refractivity contribution in [3.8, 4) is 46.7 Å². The standard InChI is InChI=1S/C90H93NO9/c1-100-74-40-59(51(45-92)34-72(74)96)58-37-73(97)78-56-19-26-83-22-10-15-68-57(17-16-48(58)29-47-11-3-2-4-12-47)81-89(78,99)28-27-85(91-68)43-55-30-49-33-66(69(93)38-60(49)64-35-52-14-9-23-84(52)46-87(55,64)75-42-63(84)62-39-70(94)71(95)41-65(62)90(75,81)85)86-24-6-5-13-53(86)31-50-32-54-18-25-82(20-7-8-21-82)88(54,44-76(83)98)80-77(50)67(86)36-61(56)79(80)83/h2-4,11-12,19,26,30,32-36,39-41,48,52-58,60,63,68-69,75-76,78,81,91-96,98-99H,5-9,13-15,18,20-21,23-25,27-29,31,37-38,42-46H2,1H3/t48-,52+,53+,54+,55-,56+,57-,58-,60-,63+,68-,69-,75+,76-,78+,81+,83-,84+,85+,86+,87+,88+,89-,90+/m0/s1. The Morgan fingerprint density at radius 1 is 0.750 bits per heavy atom. The number of aromatic hydroxyl groups is 3. The molecule has 25 rings (SSSR count). The van der Waals surface area contributed by atoms with Gasteiger partial charge in [-0.25, -0.2) is 0 Å². The minimum atomic E-state index is -1.79. The average Bonchev–Trinajstić information content (AvgIpc) is 0.776. The van der Waals surface area contributed by atoms with Gasteiger partial charge in [0.05, 0.1) is 37.4 Å². The Hall–Kier alpha value is -6.63. The molecular weight excluding hydrogens is 1240 g/mol. The molecule has 4 aromatic rings. The molecule has 8 spiro atoms. The predicted octanol–water partition coefficient (Wildman–Crippen LogP) is 13.9. The topological polar surface area (TPSA) is 180 Å². The largest absolute Gasteiger partial charge is 0.504 e. The molecule has 0 amide bonds. The third-order valence-electron chi connectivity index (χ3n) is 34.3. The van der Waals surface area contributed by atoms with E-state index in [1.54, 1.807) is 13.2 Å². The van der Waals surface area contributed by atoms with Crippen LogP contribution in [0.2, 0.25) is 0 Å². The quantitative estimate of drug-likeness (QED) is 0.0545. The van der Waals surface area contributed by atoms with E-state index in [4.69, 9.17) is 10.1 Å². The number of phenols is 3. The fourth-order valence-electron chi connectivity index (χ4n) is 31.5. The van der Waals surface area contributed by atoms with Crippen LogP contribution in [0, 0.1) is 99.1 Å². The van der Waals surface area contributed by atoms with Gasteiger partial charge in [0.25, 0.3) is 0 Å². The number of aliphatic hydroxyl groups excluding tert-OH is 3. The van der Waals surface area contributed by atoms with E-state index < -0.39 is 98.6 Å². The zero-order valence-corrected chi connectivity index (χ0v) is 57.6. The number of allylic oxidation sites excluding steroid dienone is 8. The maximum atomic E-state index is 18.5. The van der Waals surface area contributed by atoms with Crippen LogP contribution in [0.25, 0.3) is 5.57 Å². The maximum Gasteiger partial charge on any atom is 0.160 e.